The Bertz CT molecular complexity index is 3110. The molecule has 18 heteroatoms. The summed E-state index contributed by atoms with van der Waals surface area (Å²) < 4.78 is 178. The van der Waals surface area contributed by atoms with Gasteiger partial charge in [-0.1, -0.05) is 48.5 Å². The van der Waals surface area contributed by atoms with Crippen LogP contribution in [0.3, 0.4) is 0 Å². The van der Waals surface area contributed by atoms with Crippen LogP contribution in [-0.4, -0.2) is 0 Å². The Hall–Kier alpha value is -8.58. The summed E-state index contributed by atoms with van der Waals surface area (Å²) in [6.45, 7) is 0. The lowest BCUT2D eigenvalue weighted by Crippen LogP contribution is -2.15. The van der Waals surface area contributed by atoms with E-state index in [2.05, 4.69) is 0 Å². The van der Waals surface area contributed by atoms with Gasteiger partial charge in [0.15, 0.2) is 69.8 Å². The van der Waals surface area contributed by atoms with Crippen LogP contribution in [0.5, 0.6) is 0 Å². The molecule has 6 nitrogen and oxygen atoms in total. The predicted molar refractivity (Wildman–Crippen MR) is 180 cm³/mol. The van der Waals surface area contributed by atoms with E-state index in [1.165, 1.54) is 18.2 Å². The largest absolute Gasteiger partial charge is 0.203 e. The van der Waals surface area contributed by atoms with Crippen LogP contribution >= 0.6 is 0 Å². The summed E-state index contributed by atoms with van der Waals surface area (Å²) in [4.78, 5) is 0. The maximum atomic E-state index is 15.3. The zero-order chi connectivity index (χ0) is 44.1. The zero-order valence-corrected chi connectivity index (χ0v) is 28.8. The highest BCUT2D eigenvalue weighted by Crippen LogP contribution is 2.51. The topological polar surface area (TPSA) is 143 Å². The molecule has 6 rings (SSSR count). The Morgan fingerprint density at radius 3 is 0.767 bits per heavy atom. The lowest BCUT2D eigenvalue weighted by molar-refractivity contribution is 0.447. The molecule has 1 aliphatic rings. The standard InChI is InChI=1S/C42H8F12N6/c43-31-22(12-58)32(44)38(50)28(37(31)49)19(9-55)15-1-5-17(6-2-15)25-26(27(25)21(11-57)30-41(53)35(47)24(14-60)36(48)42(30)54)18-7-3-16(4-8-18)20(10-56)29-39(51)33(45)23(13-59)34(46)40(29)52/h1-8H. The maximum Gasteiger partial charge on any atom is 0.180 e. The van der Waals surface area contributed by atoms with Crippen LogP contribution < -0.4 is 20.9 Å². The van der Waals surface area contributed by atoms with Gasteiger partial charge in [0, 0.05) is 5.57 Å². The number of allylic oxidation sites excluding steroid dienone is 2. The monoisotopic (exact) mass is 824 g/mol. The van der Waals surface area contributed by atoms with Crippen molar-refractivity contribution in [2.45, 2.75) is 0 Å². The molecule has 0 heterocycles. The summed E-state index contributed by atoms with van der Waals surface area (Å²) in [5.41, 5.74) is -13.2. The number of halogens is 12. The van der Waals surface area contributed by atoms with Crippen LogP contribution in [0.4, 0.5) is 52.7 Å². The van der Waals surface area contributed by atoms with Crippen molar-refractivity contribution in [3.05, 3.63) is 178 Å². The van der Waals surface area contributed by atoms with Crippen LogP contribution in [0.2, 0.25) is 0 Å². The van der Waals surface area contributed by atoms with E-state index in [4.69, 9.17) is 15.8 Å². The van der Waals surface area contributed by atoms with Crippen molar-refractivity contribution < 1.29 is 52.7 Å². The third-order valence-corrected chi connectivity index (χ3v) is 9.07. The molecule has 0 amide bonds. The first-order chi connectivity index (χ1) is 28.6. The minimum absolute atomic E-state index is 0.0663. The van der Waals surface area contributed by atoms with Gasteiger partial charge < -0.3 is 0 Å². The third-order valence-electron chi connectivity index (χ3n) is 9.07. The molecular weight excluding hydrogens is 816 g/mol. The van der Waals surface area contributed by atoms with Crippen molar-refractivity contribution in [1.29, 1.82) is 31.6 Å². The van der Waals surface area contributed by atoms with Crippen LogP contribution in [0.15, 0.2) is 54.1 Å². The Labute approximate surface area is 326 Å². The van der Waals surface area contributed by atoms with E-state index < -0.39 is 136 Å². The molecule has 5 aromatic carbocycles. The van der Waals surface area contributed by atoms with Gasteiger partial charge in [-0.25, -0.2) is 52.7 Å². The predicted octanol–water partition coefficient (Wildman–Crippen LogP) is 6.41. The minimum atomic E-state index is -2.17. The van der Waals surface area contributed by atoms with Gasteiger partial charge in [0.25, 0.3) is 0 Å². The van der Waals surface area contributed by atoms with Crippen LogP contribution in [0, 0.1) is 138 Å². The first-order valence-electron chi connectivity index (χ1n) is 16.0. The molecule has 0 aromatic heterocycles. The van der Waals surface area contributed by atoms with Gasteiger partial charge in [-0.05, 0) is 32.0 Å². The number of hydrogen-bond donors (Lipinski definition) is 0. The highest BCUT2D eigenvalue weighted by atomic mass is 19.2. The molecule has 0 bridgehead atoms. The molecular formula is C42H8F12N6. The number of hydrogen-bond acceptors (Lipinski definition) is 6. The van der Waals surface area contributed by atoms with E-state index in [9.17, 15) is 59.7 Å². The summed E-state index contributed by atoms with van der Waals surface area (Å²) >= 11 is 0. The van der Waals surface area contributed by atoms with Gasteiger partial charge in [-0.15, -0.1) is 0 Å². The molecule has 60 heavy (non-hydrogen) atoms. The van der Waals surface area contributed by atoms with Gasteiger partial charge in [0.2, 0.25) is 0 Å². The Kier molecular flexibility index (Phi) is 10.5. The lowest BCUT2D eigenvalue weighted by atomic mass is 9.99. The van der Waals surface area contributed by atoms with Crippen molar-refractivity contribution in [1.82, 2.24) is 0 Å². The molecule has 0 aliphatic heterocycles. The van der Waals surface area contributed by atoms with E-state index in [-0.39, 0.29) is 21.6 Å². The van der Waals surface area contributed by atoms with Gasteiger partial charge in [-0.3, -0.25) is 0 Å². The second-order valence-corrected chi connectivity index (χ2v) is 12.1. The SMILES string of the molecule is N#CC(=C1C(=c2ccc(=C(C#N)c3c(F)c(F)c(C#N)c(F)c3F)cc2)C1=c1ccc(=C(C#N)c2c(F)c(F)c(C#N)c(F)c2F)cc1)c1c(F)c(F)c(C#N)c(F)c1F. The molecule has 0 saturated heterocycles. The summed E-state index contributed by atoms with van der Waals surface area (Å²) in [5, 5.41) is 55.5. The first kappa shape index (κ1) is 41.1. The highest BCUT2D eigenvalue weighted by molar-refractivity contribution is 6.33. The molecule has 0 atom stereocenters. The fraction of sp³-hybridized carbons (Fsp3) is 0. The van der Waals surface area contributed by atoms with Gasteiger partial charge in [-0.2, -0.15) is 31.6 Å². The molecule has 1 fully saturated rings. The van der Waals surface area contributed by atoms with Crippen molar-refractivity contribution >= 4 is 27.9 Å². The van der Waals surface area contributed by atoms with E-state index in [1.807, 2.05) is 0 Å². The average Bonchev–Trinajstić information content (AvgIpc) is 3.99. The number of nitriles is 6. The summed E-state index contributed by atoms with van der Waals surface area (Å²) in [6, 6.07) is 15.2. The van der Waals surface area contributed by atoms with Gasteiger partial charge in [0.1, 0.15) is 53.1 Å². The Morgan fingerprint density at radius 1 is 0.317 bits per heavy atom. The quantitative estimate of drug-likeness (QED) is 0.117. The molecule has 1 saturated carbocycles. The number of nitrogens with zero attached hydrogens (tertiary/aromatic N) is 6. The smallest absolute Gasteiger partial charge is 0.180 e. The van der Waals surface area contributed by atoms with Gasteiger partial charge in [0.05, 0.1) is 33.4 Å². The molecule has 0 N–H and O–H groups in total. The van der Waals surface area contributed by atoms with E-state index in [1.54, 1.807) is 0 Å². The van der Waals surface area contributed by atoms with Gasteiger partial charge >= 0.3 is 0 Å². The summed E-state index contributed by atoms with van der Waals surface area (Å²) in [7, 11) is 0. The maximum absolute atomic E-state index is 15.3. The second-order valence-electron chi connectivity index (χ2n) is 12.1. The van der Waals surface area contributed by atoms with Crippen molar-refractivity contribution in [3.8, 4) is 36.4 Å². The Balaban J connectivity index is 1.70. The molecule has 0 unspecified atom stereocenters. The van der Waals surface area contributed by atoms with E-state index in [0.29, 0.717) is 0 Å². The number of benzene rings is 5. The van der Waals surface area contributed by atoms with Crippen LogP contribution in [0.1, 0.15) is 33.4 Å². The normalized spacial score (nSPS) is 11.5. The second kappa shape index (κ2) is 15.4. The lowest BCUT2D eigenvalue weighted by Gasteiger charge is -2.08. The summed E-state index contributed by atoms with van der Waals surface area (Å²) in [5.74, 6) is -25.4. The van der Waals surface area contributed by atoms with Crippen LogP contribution in [-0.2, 0) is 0 Å². The molecule has 290 valence electrons. The molecule has 5 aromatic rings. The molecule has 0 spiro atoms. The minimum Gasteiger partial charge on any atom is -0.203 e. The molecule has 0 radical (unpaired) electrons. The zero-order valence-electron chi connectivity index (χ0n) is 28.8. The van der Waals surface area contributed by atoms with E-state index in [0.717, 1.165) is 66.7 Å². The first-order valence-corrected chi connectivity index (χ1v) is 16.0. The van der Waals surface area contributed by atoms with Crippen molar-refractivity contribution in [3.63, 3.8) is 0 Å². The van der Waals surface area contributed by atoms with Crippen LogP contribution in [0.25, 0.3) is 27.9 Å². The fourth-order valence-electron chi connectivity index (χ4n) is 6.24. The van der Waals surface area contributed by atoms with Crippen molar-refractivity contribution in [2.75, 3.05) is 0 Å². The summed E-state index contributed by atoms with van der Waals surface area (Å²) in [6.07, 6.45) is 0. The number of rotatable bonds is 3. The highest BCUT2D eigenvalue weighted by Gasteiger charge is 2.39. The van der Waals surface area contributed by atoms with E-state index >= 15 is 8.78 Å². The third kappa shape index (κ3) is 6.14. The Morgan fingerprint density at radius 2 is 0.550 bits per heavy atom. The molecule has 1 aliphatic carbocycles. The fourth-order valence-corrected chi connectivity index (χ4v) is 6.24. The average molecular weight is 825 g/mol. The van der Waals surface area contributed by atoms with Crippen molar-refractivity contribution in [2.24, 2.45) is 0 Å².